The SMILES string of the molecule is CC(=O)N(CC(=O)O)C(=O)N(C)CCc1ccccc1. The fraction of sp³-hybridized carbons (Fsp3) is 0.357. The molecule has 0 aliphatic rings. The number of carboxylic acid groups (broad SMARTS) is 1. The maximum atomic E-state index is 12.0. The first-order valence-electron chi connectivity index (χ1n) is 6.20. The lowest BCUT2D eigenvalue weighted by atomic mass is 10.1. The van der Waals surface area contributed by atoms with Gasteiger partial charge in [0.15, 0.2) is 0 Å². The maximum Gasteiger partial charge on any atom is 0.326 e. The molecule has 20 heavy (non-hydrogen) atoms. The van der Waals surface area contributed by atoms with E-state index >= 15 is 0 Å². The second-order valence-electron chi connectivity index (χ2n) is 4.44. The molecule has 1 rings (SSSR count). The van der Waals surface area contributed by atoms with Crippen LogP contribution in [0.15, 0.2) is 30.3 Å². The third-order valence-corrected chi connectivity index (χ3v) is 2.81. The summed E-state index contributed by atoms with van der Waals surface area (Å²) in [4.78, 5) is 36.0. The third kappa shape index (κ3) is 4.72. The average molecular weight is 278 g/mol. The first-order valence-corrected chi connectivity index (χ1v) is 6.20. The van der Waals surface area contributed by atoms with E-state index in [0.29, 0.717) is 17.9 Å². The van der Waals surface area contributed by atoms with Crippen LogP contribution in [0.4, 0.5) is 4.79 Å². The Morgan fingerprint density at radius 2 is 1.75 bits per heavy atom. The quantitative estimate of drug-likeness (QED) is 0.878. The molecule has 0 unspecified atom stereocenters. The molecule has 0 saturated heterocycles. The first-order chi connectivity index (χ1) is 9.41. The zero-order valence-electron chi connectivity index (χ0n) is 11.6. The predicted molar refractivity (Wildman–Crippen MR) is 73.2 cm³/mol. The lowest BCUT2D eigenvalue weighted by Crippen LogP contribution is -2.46. The Kier molecular flexibility index (Phi) is 5.71. The Morgan fingerprint density at radius 3 is 2.25 bits per heavy atom. The molecule has 6 nitrogen and oxygen atoms in total. The van der Waals surface area contributed by atoms with E-state index in [1.54, 1.807) is 7.05 Å². The highest BCUT2D eigenvalue weighted by Gasteiger charge is 2.23. The Bertz CT molecular complexity index is 487. The van der Waals surface area contributed by atoms with Crippen LogP contribution in [0.2, 0.25) is 0 Å². The molecule has 0 heterocycles. The van der Waals surface area contributed by atoms with E-state index in [0.717, 1.165) is 5.56 Å². The summed E-state index contributed by atoms with van der Waals surface area (Å²) in [7, 11) is 1.54. The second-order valence-corrected chi connectivity index (χ2v) is 4.44. The van der Waals surface area contributed by atoms with Crippen molar-refractivity contribution >= 4 is 17.9 Å². The normalized spacial score (nSPS) is 9.90. The van der Waals surface area contributed by atoms with Gasteiger partial charge in [-0.3, -0.25) is 14.5 Å². The molecule has 0 atom stereocenters. The minimum absolute atomic E-state index is 0.409. The van der Waals surface area contributed by atoms with Crippen molar-refractivity contribution in [1.29, 1.82) is 0 Å². The van der Waals surface area contributed by atoms with Crippen LogP contribution < -0.4 is 0 Å². The highest BCUT2D eigenvalue weighted by atomic mass is 16.4. The van der Waals surface area contributed by atoms with Crippen LogP contribution in [0, 0.1) is 0 Å². The molecule has 0 bridgehead atoms. The summed E-state index contributed by atoms with van der Waals surface area (Å²) in [5.74, 6) is -1.80. The number of imide groups is 1. The molecule has 0 aromatic heterocycles. The molecule has 0 fully saturated rings. The van der Waals surface area contributed by atoms with Gasteiger partial charge in [0.1, 0.15) is 6.54 Å². The maximum absolute atomic E-state index is 12.0. The van der Waals surface area contributed by atoms with Crippen molar-refractivity contribution in [1.82, 2.24) is 9.80 Å². The highest BCUT2D eigenvalue weighted by Crippen LogP contribution is 2.03. The standard InChI is InChI=1S/C14H18N2O4/c1-11(17)16(10-13(18)19)14(20)15(2)9-8-12-6-4-3-5-7-12/h3-7H,8-10H2,1-2H3,(H,18,19). The Labute approximate surface area is 117 Å². The number of hydrogen-bond donors (Lipinski definition) is 1. The Balaban J connectivity index is 2.60. The molecule has 108 valence electrons. The number of urea groups is 1. The number of rotatable bonds is 5. The molecular weight excluding hydrogens is 260 g/mol. The van der Waals surface area contributed by atoms with Crippen LogP contribution in [-0.2, 0) is 16.0 Å². The van der Waals surface area contributed by atoms with Gasteiger partial charge in [-0.15, -0.1) is 0 Å². The number of amides is 3. The van der Waals surface area contributed by atoms with E-state index in [2.05, 4.69) is 0 Å². The van der Waals surface area contributed by atoms with Crippen molar-refractivity contribution in [2.24, 2.45) is 0 Å². The van der Waals surface area contributed by atoms with Crippen LogP contribution in [-0.4, -0.2) is 53.0 Å². The number of aliphatic carboxylic acids is 1. The third-order valence-electron chi connectivity index (χ3n) is 2.81. The minimum atomic E-state index is -1.22. The predicted octanol–water partition coefficient (Wildman–Crippen LogP) is 1.21. The van der Waals surface area contributed by atoms with Crippen LogP contribution >= 0.6 is 0 Å². The van der Waals surface area contributed by atoms with Crippen LogP contribution in [0.3, 0.4) is 0 Å². The zero-order chi connectivity index (χ0) is 15.1. The summed E-state index contributed by atoms with van der Waals surface area (Å²) < 4.78 is 0. The summed E-state index contributed by atoms with van der Waals surface area (Å²) in [5, 5.41) is 8.71. The van der Waals surface area contributed by atoms with Gasteiger partial charge >= 0.3 is 12.0 Å². The molecule has 0 spiro atoms. The summed E-state index contributed by atoms with van der Waals surface area (Å²) in [6, 6.07) is 9.00. The van der Waals surface area contributed by atoms with Crippen molar-refractivity contribution in [3.8, 4) is 0 Å². The van der Waals surface area contributed by atoms with Crippen LogP contribution in [0.25, 0.3) is 0 Å². The van der Waals surface area contributed by atoms with Crippen molar-refractivity contribution in [3.05, 3.63) is 35.9 Å². The zero-order valence-corrected chi connectivity index (χ0v) is 11.6. The van der Waals surface area contributed by atoms with E-state index in [4.69, 9.17) is 5.11 Å². The molecule has 1 aromatic rings. The number of benzene rings is 1. The van der Waals surface area contributed by atoms with Crippen LogP contribution in [0.5, 0.6) is 0 Å². The van der Waals surface area contributed by atoms with Gasteiger partial charge in [0.2, 0.25) is 5.91 Å². The summed E-state index contributed by atoms with van der Waals surface area (Å²) >= 11 is 0. The van der Waals surface area contributed by atoms with E-state index in [1.165, 1.54) is 11.8 Å². The molecule has 3 amide bonds. The molecule has 1 aromatic carbocycles. The monoisotopic (exact) mass is 278 g/mol. The first kappa shape index (κ1) is 15.7. The number of hydrogen-bond acceptors (Lipinski definition) is 3. The number of carbonyl (C=O) groups is 3. The van der Waals surface area contributed by atoms with Crippen molar-refractivity contribution in [3.63, 3.8) is 0 Å². The highest BCUT2D eigenvalue weighted by molar-refractivity contribution is 5.96. The summed E-state index contributed by atoms with van der Waals surface area (Å²) in [6.07, 6.45) is 0.641. The fourth-order valence-corrected chi connectivity index (χ4v) is 1.69. The van der Waals surface area contributed by atoms with E-state index in [-0.39, 0.29) is 0 Å². The lowest BCUT2D eigenvalue weighted by Gasteiger charge is -2.24. The summed E-state index contributed by atoms with van der Waals surface area (Å²) in [6.45, 7) is 0.960. The number of carboxylic acids is 1. The van der Waals surface area contributed by atoms with Gasteiger partial charge in [-0.1, -0.05) is 30.3 Å². The van der Waals surface area contributed by atoms with Crippen molar-refractivity contribution < 1.29 is 19.5 Å². The molecule has 6 heteroatoms. The van der Waals surface area contributed by atoms with Crippen molar-refractivity contribution in [2.45, 2.75) is 13.3 Å². The average Bonchev–Trinajstić information content (AvgIpc) is 2.42. The number of carbonyl (C=O) groups excluding carboxylic acids is 2. The molecule has 0 saturated carbocycles. The van der Waals surface area contributed by atoms with E-state index in [9.17, 15) is 14.4 Å². The van der Waals surface area contributed by atoms with E-state index in [1.807, 2.05) is 30.3 Å². The number of nitrogens with zero attached hydrogens (tertiary/aromatic N) is 2. The van der Waals surface area contributed by atoms with Gasteiger partial charge in [0, 0.05) is 20.5 Å². The van der Waals surface area contributed by atoms with Gasteiger partial charge in [-0.25, -0.2) is 4.79 Å². The number of likely N-dealkylation sites (N-methyl/N-ethyl adjacent to an activating group) is 1. The topological polar surface area (TPSA) is 77.9 Å². The second kappa shape index (κ2) is 7.28. The Morgan fingerprint density at radius 1 is 1.15 bits per heavy atom. The molecule has 0 aliphatic carbocycles. The molecule has 1 N–H and O–H groups in total. The van der Waals surface area contributed by atoms with Gasteiger partial charge in [-0.05, 0) is 12.0 Å². The van der Waals surface area contributed by atoms with Gasteiger partial charge < -0.3 is 10.0 Å². The van der Waals surface area contributed by atoms with Gasteiger partial charge in [-0.2, -0.15) is 0 Å². The Hall–Kier alpha value is -2.37. The summed E-state index contributed by atoms with van der Waals surface area (Å²) in [5.41, 5.74) is 1.07. The molecule has 0 radical (unpaired) electrons. The minimum Gasteiger partial charge on any atom is -0.480 e. The molecular formula is C14H18N2O4. The molecule has 0 aliphatic heterocycles. The van der Waals surface area contributed by atoms with Gasteiger partial charge in [0.05, 0.1) is 0 Å². The fourth-order valence-electron chi connectivity index (χ4n) is 1.69. The largest absolute Gasteiger partial charge is 0.480 e. The van der Waals surface area contributed by atoms with E-state index < -0.39 is 24.5 Å². The van der Waals surface area contributed by atoms with Gasteiger partial charge in [0.25, 0.3) is 0 Å². The van der Waals surface area contributed by atoms with Crippen molar-refractivity contribution in [2.75, 3.05) is 20.1 Å². The smallest absolute Gasteiger partial charge is 0.326 e. The lowest BCUT2D eigenvalue weighted by molar-refractivity contribution is -0.142. The van der Waals surface area contributed by atoms with Crippen LogP contribution in [0.1, 0.15) is 12.5 Å².